The van der Waals surface area contributed by atoms with E-state index in [1.165, 1.54) is 0 Å². The molecule has 0 fully saturated rings. The van der Waals surface area contributed by atoms with Crippen LogP contribution in [0.4, 0.5) is 0 Å². The summed E-state index contributed by atoms with van der Waals surface area (Å²) in [6.07, 6.45) is 3.57. The van der Waals surface area contributed by atoms with Gasteiger partial charge in [0.15, 0.2) is 11.5 Å². The lowest BCUT2D eigenvalue weighted by atomic mass is 10.1. The van der Waals surface area contributed by atoms with Gasteiger partial charge in [-0.15, -0.1) is 0 Å². The van der Waals surface area contributed by atoms with Gasteiger partial charge in [0.25, 0.3) is 0 Å². The highest BCUT2D eigenvalue weighted by Gasteiger charge is 2.28. The zero-order chi connectivity index (χ0) is 9.83. The Balaban J connectivity index is 2.39. The van der Waals surface area contributed by atoms with E-state index in [1.54, 1.807) is 12.4 Å². The third kappa shape index (κ3) is 0.801. The highest BCUT2D eigenvalue weighted by atomic mass is 16.6. The summed E-state index contributed by atoms with van der Waals surface area (Å²) in [5.41, 5.74) is 1.84. The van der Waals surface area contributed by atoms with Gasteiger partial charge in [0.1, 0.15) is 11.0 Å². The smallest absolute Gasteiger partial charge is 0.180 e. The molecule has 1 aromatic carbocycles. The third-order valence-corrected chi connectivity index (χ3v) is 2.70. The van der Waals surface area contributed by atoms with Gasteiger partial charge in [-0.1, -0.05) is 0 Å². The van der Waals surface area contributed by atoms with Crippen LogP contribution in [0.25, 0.3) is 21.8 Å². The maximum atomic E-state index is 5.48. The van der Waals surface area contributed by atoms with Crippen molar-refractivity contribution in [2.24, 2.45) is 0 Å². The number of fused-ring (bicyclic) bond motifs is 6. The minimum Gasteiger partial charge on any atom is -0.448 e. The van der Waals surface area contributed by atoms with Crippen LogP contribution in [-0.2, 0) is 0 Å². The fraction of sp³-hybridized carbons (Fsp3) is 0. The second kappa shape index (κ2) is 2.25. The number of benzene rings is 1. The van der Waals surface area contributed by atoms with E-state index in [0.717, 1.165) is 33.3 Å². The van der Waals surface area contributed by atoms with Crippen molar-refractivity contribution in [1.29, 1.82) is 0 Å². The maximum Gasteiger partial charge on any atom is 0.180 e. The molecule has 4 rings (SSSR count). The predicted molar refractivity (Wildman–Crippen MR) is 57.1 cm³/mol. The first-order valence-corrected chi connectivity index (χ1v) is 4.78. The molecule has 3 aromatic rings. The van der Waals surface area contributed by atoms with Crippen LogP contribution in [0.5, 0.6) is 11.5 Å². The topological polar surface area (TPSA) is 38.3 Å². The van der Waals surface area contributed by atoms with Gasteiger partial charge in [-0.25, -0.2) is 0 Å². The lowest BCUT2D eigenvalue weighted by molar-refractivity contribution is 0.657. The van der Waals surface area contributed by atoms with Crippen molar-refractivity contribution < 1.29 is 4.74 Å². The quantitative estimate of drug-likeness (QED) is 0.319. The second-order valence-corrected chi connectivity index (χ2v) is 3.56. The average molecular weight is 194 g/mol. The number of pyridine rings is 2. The number of rotatable bonds is 0. The molecule has 0 saturated carbocycles. The molecule has 70 valence electrons. The minimum atomic E-state index is 0.921. The van der Waals surface area contributed by atoms with E-state index in [1.807, 2.05) is 24.3 Å². The standard InChI is InChI=1S/C12H6N2O/c1-3-7-9(13-5-1)10-8(4-2-6-14-10)12-11(7)15-12/h1-6H. The molecule has 0 unspecified atom stereocenters. The normalized spacial score (nSPS) is 12.5. The first kappa shape index (κ1) is 7.17. The van der Waals surface area contributed by atoms with Crippen molar-refractivity contribution in [2.75, 3.05) is 0 Å². The molecule has 3 heterocycles. The molecule has 3 heteroatoms. The first-order valence-electron chi connectivity index (χ1n) is 4.78. The summed E-state index contributed by atoms with van der Waals surface area (Å²) in [6.45, 7) is 0. The molecule has 0 spiro atoms. The fourth-order valence-electron chi connectivity index (χ4n) is 1.99. The van der Waals surface area contributed by atoms with Gasteiger partial charge >= 0.3 is 0 Å². The van der Waals surface area contributed by atoms with E-state index in [2.05, 4.69) is 9.97 Å². The van der Waals surface area contributed by atoms with Crippen LogP contribution in [-0.4, -0.2) is 9.97 Å². The Morgan fingerprint density at radius 1 is 0.800 bits per heavy atom. The number of ether oxygens (including phenoxy) is 1. The SMILES string of the molecule is c1cnc2c(c1)c1c(c3cccnc32)O1. The molecule has 0 saturated heterocycles. The van der Waals surface area contributed by atoms with Gasteiger partial charge in [0.05, 0.1) is 0 Å². The molecule has 3 nitrogen and oxygen atoms in total. The molecule has 1 aliphatic heterocycles. The van der Waals surface area contributed by atoms with E-state index in [0.29, 0.717) is 0 Å². The lowest BCUT2D eigenvalue weighted by Crippen LogP contribution is -1.80. The van der Waals surface area contributed by atoms with Crippen molar-refractivity contribution in [3.8, 4) is 11.5 Å². The first-order chi connectivity index (χ1) is 7.45. The summed E-state index contributed by atoms with van der Waals surface area (Å²) in [4.78, 5) is 8.72. The summed E-state index contributed by atoms with van der Waals surface area (Å²) < 4.78 is 5.48. The van der Waals surface area contributed by atoms with E-state index < -0.39 is 0 Å². The Labute approximate surface area is 85.3 Å². The van der Waals surface area contributed by atoms with Crippen LogP contribution in [0.3, 0.4) is 0 Å². The van der Waals surface area contributed by atoms with Gasteiger partial charge in [0.2, 0.25) is 0 Å². The summed E-state index contributed by atoms with van der Waals surface area (Å²) in [7, 11) is 0. The van der Waals surface area contributed by atoms with Crippen LogP contribution < -0.4 is 4.74 Å². The number of hydrogen-bond donors (Lipinski definition) is 0. The summed E-state index contributed by atoms with van der Waals surface area (Å²) in [5, 5.41) is 2.11. The molecule has 0 aliphatic carbocycles. The van der Waals surface area contributed by atoms with Gasteiger partial charge in [0, 0.05) is 23.2 Å². The van der Waals surface area contributed by atoms with Crippen molar-refractivity contribution in [1.82, 2.24) is 9.97 Å². The largest absolute Gasteiger partial charge is 0.448 e. The van der Waals surface area contributed by atoms with Crippen molar-refractivity contribution in [2.45, 2.75) is 0 Å². The lowest BCUT2D eigenvalue weighted by Gasteiger charge is -1.96. The van der Waals surface area contributed by atoms with Crippen LogP contribution in [0.15, 0.2) is 36.7 Å². The maximum absolute atomic E-state index is 5.48. The van der Waals surface area contributed by atoms with E-state index in [4.69, 9.17) is 4.74 Å². The van der Waals surface area contributed by atoms with Crippen LogP contribution in [0, 0.1) is 0 Å². The minimum absolute atomic E-state index is 0.921. The summed E-state index contributed by atoms with van der Waals surface area (Å²) >= 11 is 0. The Bertz CT molecular complexity index is 646. The fourth-order valence-corrected chi connectivity index (χ4v) is 1.99. The van der Waals surface area contributed by atoms with E-state index in [-0.39, 0.29) is 0 Å². The van der Waals surface area contributed by atoms with Crippen molar-refractivity contribution in [3.05, 3.63) is 36.7 Å². The monoisotopic (exact) mass is 194 g/mol. The molecular weight excluding hydrogens is 188 g/mol. The number of aromatic nitrogens is 2. The molecule has 2 aromatic heterocycles. The van der Waals surface area contributed by atoms with Crippen molar-refractivity contribution >= 4 is 21.8 Å². The van der Waals surface area contributed by atoms with E-state index >= 15 is 0 Å². The molecule has 0 N–H and O–H groups in total. The highest BCUT2D eigenvalue weighted by molar-refractivity contribution is 6.13. The molecule has 1 aliphatic rings. The Morgan fingerprint density at radius 2 is 1.33 bits per heavy atom. The zero-order valence-corrected chi connectivity index (χ0v) is 7.77. The third-order valence-electron chi connectivity index (χ3n) is 2.70. The van der Waals surface area contributed by atoms with Gasteiger partial charge in [-0.3, -0.25) is 9.97 Å². The summed E-state index contributed by atoms with van der Waals surface area (Å²) in [6, 6.07) is 7.86. The molecule has 0 radical (unpaired) electrons. The number of hydrogen-bond acceptors (Lipinski definition) is 3. The Kier molecular flexibility index (Phi) is 1.08. The molecule has 15 heavy (non-hydrogen) atoms. The Hall–Kier alpha value is -2.16. The number of nitrogens with zero attached hydrogens (tertiary/aromatic N) is 2. The molecular formula is C12H6N2O. The van der Waals surface area contributed by atoms with E-state index in [9.17, 15) is 0 Å². The van der Waals surface area contributed by atoms with Gasteiger partial charge in [-0.2, -0.15) is 0 Å². The summed E-state index contributed by atoms with van der Waals surface area (Å²) in [5.74, 6) is 1.91. The predicted octanol–water partition coefficient (Wildman–Crippen LogP) is 2.89. The zero-order valence-electron chi connectivity index (χ0n) is 7.77. The second-order valence-electron chi connectivity index (χ2n) is 3.56. The molecule has 0 atom stereocenters. The highest BCUT2D eigenvalue weighted by Crippen LogP contribution is 2.54. The van der Waals surface area contributed by atoms with Gasteiger partial charge < -0.3 is 4.74 Å². The van der Waals surface area contributed by atoms with Crippen LogP contribution in [0.1, 0.15) is 0 Å². The Morgan fingerprint density at radius 3 is 1.87 bits per heavy atom. The van der Waals surface area contributed by atoms with Crippen LogP contribution >= 0.6 is 0 Å². The molecule has 0 bridgehead atoms. The van der Waals surface area contributed by atoms with Gasteiger partial charge in [-0.05, 0) is 24.3 Å². The van der Waals surface area contributed by atoms with Crippen molar-refractivity contribution in [3.63, 3.8) is 0 Å². The average Bonchev–Trinajstić information content (AvgIpc) is 3.10. The molecule has 0 amide bonds. The van der Waals surface area contributed by atoms with Crippen LogP contribution in [0.2, 0.25) is 0 Å².